The molecule has 2 aliphatic heterocycles. The number of aryl methyl sites for hydroxylation is 2. The van der Waals surface area contributed by atoms with Crippen LogP contribution in [0, 0.1) is 13.8 Å². The predicted octanol–water partition coefficient (Wildman–Crippen LogP) is 3.64. The number of fused-ring (bicyclic) bond motifs is 2. The van der Waals surface area contributed by atoms with E-state index >= 15 is 0 Å². The van der Waals surface area contributed by atoms with Crippen molar-refractivity contribution in [2.75, 3.05) is 6.54 Å². The molecule has 2 N–H and O–H groups in total. The van der Waals surface area contributed by atoms with Crippen LogP contribution in [0.4, 0.5) is 4.79 Å². The molecule has 1 aromatic heterocycles. The lowest BCUT2D eigenvalue weighted by atomic mass is 9.98. The Kier molecular flexibility index (Phi) is 8.63. The Morgan fingerprint density at radius 3 is 2.32 bits per heavy atom. The van der Waals surface area contributed by atoms with Crippen LogP contribution in [0.5, 0.6) is 0 Å². The maximum absolute atomic E-state index is 12.7. The van der Waals surface area contributed by atoms with Gasteiger partial charge in [-0.15, -0.1) is 24.0 Å². The van der Waals surface area contributed by atoms with Gasteiger partial charge in [-0.25, -0.2) is 9.79 Å². The van der Waals surface area contributed by atoms with Crippen LogP contribution in [0.25, 0.3) is 0 Å². The first-order valence-corrected chi connectivity index (χ1v) is 11.1. The number of piperidine rings is 1. The van der Waals surface area contributed by atoms with Gasteiger partial charge in [0.1, 0.15) is 5.60 Å². The van der Waals surface area contributed by atoms with E-state index in [4.69, 9.17) is 9.73 Å². The van der Waals surface area contributed by atoms with Crippen LogP contribution < -0.4 is 10.6 Å². The predicted molar refractivity (Wildman–Crippen MR) is 134 cm³/mol. The van der Waals surface area contributed by atoms with Crippen molar-refractivity contribution in [2.24, 2.45) is 12.0 Å². The van der Waals surface area contributed by atoms with Gasteiger partial charge in [-0.1, -0.05) is 0 Å². The summed E-state index contributed by atoms with van der Waals surface area (Å²) >= 11 is 0. The summed E-state index contributed by atoms with van der Waals surface area (Å²) < 4.78 is 7.55. The lowest BCUT2D eigenvalue weighted by molar-refractivity contribution is 0.00545. The molecule has 31 heavy (non-hydrogen) atoms. The number of amides is 1. The third-order valence-electron chi connectivity index (χ3n) is 6.08. The normalized spacial score (nSPS) is 23.4. The standard InChI is InChI=1S/C22H38N6O2.HI/c1-8-23-20(24-13-19-14(2)26-27(7)15(19)3)25-16-11-17-9-10-18(12-16)28(17)21(29)30-22(4,5)6;/h16-18H,8-13H2,1-7H3,(H2,23,24,25);1H. The monoisotopic (exact) mass is 546 g/mol. The van der Waals surface area contributed by atoms with Gasteiger partial charge < -0.3 is 20.3 Å². The van der Waals surface area contributed by atoms with E-state index in [2.05, 4.69) is 29.6 Å². The van der Waals surface area contributed by atoms with Gasteiger partial charge >= 0.3 is 6.09 Å². The topological polar surface area (TPSA) is 83.8 Å². The fraction of sp³-hybridized carbons (Fsp3) is 0.773. The molecule has 0 radical (unpaired) electrons. The minimum Gasteiger partial charge on any atom is -0.444 e. The number of nitrogens with zero attached hydrogens (tertiary/aromatic N) is 4. The van der Waals surface area contributed by atoms with Crippen LogP contribution in [0.2, 0.25) is 0 Å². The maximum atomic E-state index is 12.7. The molecule has 0 saturated carbocycles. The lowest BCUT2D eigenvalue weighted by Gasteiger charge is -2.40. The smallest absolute Gasteiger partial charge is 0.410 e. The highest BCUT2D eigenvalue weighted by molar-refractivity contribution is 14.0. The number of rotatable bonds is 4. The molecule has 9 heteroatoms. The molecule has 8 nitrogen and oxygen atoms in total. The summed E-state index contributed by atoms with van der Waals surface area (Å²) in [6.45, 7) is 13.4. The van der Waals surface area contributed by atoms with Crippen molar-refractivity contribution in [3.05, 3.63) is 17.0 Å². The summed E-state index contributed by atoms with van der Waals surface area (Å²) in [6.07, 6.45) is 3.76. The SMILES string of the molecule is CCNC(=NCc1c(C)nn(C)c1C)NC1CC2CCC(C1)N2C(=O)OC(C)(C)C.I. The average Bonchev–Trinajstić information content (AvgIpc) is 3.04. The second-order valence-corrected chi connectivity index (χ2v) is 9.55. The first kappa shape index (κ1) is 25.7. The summed E-state index contributed by atoms with van der Waals surface area (Å²) in [5.41, 5.74) is 2.89. The minimum atomic E-state index is -0.459. The summed E-state index contributed by atoms with van der Waals surface area (Å²) in [5.74, 6) is 0.829. The zero-order valence-corrected chi connectivity index (χ0v) is 22.3. The van der Waals surface area contributed by atoms with Crippen molar-refractivity contribution in [1.29, 1.82) is 0 Å². The van der Waals surface area contributed by atoms with Crippen LogP contribution in [0.15, 0.2) is 4.99 Å². The largest absolute Gasteiger partial charge is 0.444 e. The van der Waals surface area contributed by atoms with E-state index in [1.807, 2.05) is 44.3 Å². The highest BCUT2D eigenvalue weighted by Crippen LogP contribution is 2.36. The Hall–Kier alpha value is -1.52. The van der Waals surface area contributed by atoms with Gasteiger partial charge in [-0.2, -0.15) is 5.10 Å². The van der Waals surface area contributed by atoms with Crippen LogP contribution in [-0.4, -0.2) is 57.0 Å². The van der Waals surface area contributed by atoms with E-state index < -0.39 is 5.60 Å². The lowest BCUT2D eigenvalue weighted by Crippen LogP contribution is -2.55. The Balaban J connectivity index is 0.00000341. The quantitative estimate of drug-likeness (QED) is 0.343. The molecule has 0 spiro atoms. The molecule has 2 aliphatic rings. The zero-order chi connectivity index (χ0) is 22.1. The molecule has 2 atom stereocenters. The Labute approximate surface area is 203 Å². The molecule has 0 aliphatic carbocycles. The number of guanidine groups is 1. The molecule has 3 rings (SSSR count). The molecule has 176 valence electrons. The molecule has 3 heterocycles. The van der Waals surface area contributed by atoms with Crippen molar-refractivity contribution in [2.45, 2.75) is 97.5 Å². The fourth-order valence-electron chi connectivity index (χ4n) is 4.63. The Bertz CT molecular complexity index is 787. The molecule has 1 amide bonds. The molecule has 2 bridgehead atoms. The van der Waals surface area contributed by atoms with E-state index in [0.29, 0.717) is 12.6 Å². The first-order chi connectivity index (χ1) is 14.1. The van der Waals surface area contributed by atoms with Crippen LogP contribution in [0.1, 0.15) is 70.3 Å². The van der Waals surface area contributed by atoms with Crippen LogP contribution in [0.3, 0.4) is 0 Å². The van der Waals surface area contributed by atoms with Gasteiger partial charge in [0.05, 0.1) is 12.2 Å². The third kappa shape index (κ3) is 6.26. The van der Waals surface area contributed by atoms with Gasteiger partial charge in [0.25, 0.3) is 0 Å². The summed E-state index contributed by atoms with van der Waals surface area (Å²) in [5, 5.41) is 11.5. The van der Waals surface area contributed by atoms with Crippen LogP contribution >= 0.6 is 24.0 Å². The third-order valence-corrected chi connectivity index (χ3v) is 6.08. The number of aromatic nitrogens is 2. The van der Waals surface area contributed by atoms with Gasteiger partial charge in [0, 0.05) is 43.0 Å². The number of hydrogen-bond donors (Lipinski definition) is 2. The van der Waals surface area contributed by atoms with Gasteiger partial charge in [-0.05, 0) is 67.2 Å². The number of hydrogen-bond acceptors (Lipinski definition) is 4. The van der Waals surface area contributed by atoms with Crippen molar-refractivity contribution in [3.8, 4) is 0 Å². The highest BCUT2D eigenvalue weighted by atomic mass is 127. The minimum absolute atomic E-state index is 0. The van der Waals surface area contributed by atoms with Gasteiger partial charge in [0.2, 0.25) is 0 Å². The molecule has 2 saturated heterocycles. The zero-order valence-electron chi connectivity index (χ0n) is 20.0. The number of halogens is 1. The van der Waals surface area contributed by atoms with Crippen LogP contribution in [-0.2, 0) is 18.3 Å². The van der Waals surface area contributed by atoms with E-state index in [0.717, 1.165) is 49.6 Å². The number of nitrogens with one attached hydrogen (secondary N) is 2. The van der Waals surface area contributed by atoms with E-state index in [1.54, 1.807) is 0 Å². The number of carbonyl (C=O) groups is 1. The maximum Gasteiger partial charge on any atom is 0.410 e. The first-order valence-electron chi connectivity index (χ1n) is 11.1. The van der Waals surface area contributed by atoms with E-state index in [-0.39, 0.29) is 42.2 Å². The number of carbonyl (C=O) groups excluding carboxylic acids is 1. The second kappa shape index (κ2) is 10.4. The highest BCUT2D eigenvalue weighted by Gasteiger charge is 2.45. The van der Waals surface area contributed by atoms with Gasteiger partial charge in [-0.3, -0.25) is 4.68 Å². The number of ether oxygens (including phenoxy) is 1. The molecular formula is C22H39IN6O2. The summed E-state index contributed by atoms with van der Waals surface area (Å²) in [4.78, 5) is 19.5. The van der Waals surface area contributed by atoms with E-state index in [9.17, 15) is 4.79 Å². The molecule has 2 unspecified atom stereocenters. The molecular weight excluding hydrogens is 507 g/mol. The summed E-state index contributed by atoms with van der Waals surface area (Å²) in [7, 11) is 1.97. The average molecular weight is 546 g/mol. The summed E-state index contributed by atoms with van der Waals surface area (Å²) in [6, 6.07) is 0.777. The molecule has 0 aromatic carbocycles. The Morgan fingerprint density at radius 1 is 1.23 bits per heavy atom. The van der Waals surface area contributed by atoms with Gasteiger partial charge in [0.15, 0.2) is 5.96 Å². The van der Waals surface area contributed by atoms with Crippen molar-refractivity contribution >= 4 is 36.0 Å². The van der Waals surface area contributed by atoms with Crippen molar-refractivity contribution < 1.29 is 9.53 Å². The van der Waals surface area contributed by atoms with Crippen molar-refractivity contribution in [1.82, 2.24) is 25.3 Å². The van der Waals surface area contributed by atoms with Crippen molar-refractivity contribution in [3.63, 3.8) is 0 Å². The molecule has 1 aromatic rings. The second-order valence-electron chi connectivity index (χ2n) is 9.55. The Morgan fingerprint density at radius 2 is 1.84 bits per heavy atom. The molecule has 2 fully saturated rings. The van der Waals surface area contributed by atoms with E-state index in [1.165, 1.54) is 5.56 Å². The fourth-order valence-corrected chi connectivity index (χ4v) is 4.63. The number of aliphatic imine (C=N–C) groups is 1.